The Morgan fingerprint density at radius 1 is 1.39 bits per heavy atom. The van der Waals surface area contributed by atoms with E-state index in [2.05, 4.69) is 10.3 Å². The zero-order valence-corrected chi connectivity index (χ0v) is 10.9. The molecule has 1 amide bonds. The first-order chi connectivity index (χ1) is 8.54. The first-order valence-corrected chi connectivity index (χ1v) is 5.91. The van der Waals surface area contributed by atoms with Gasteiger partial charge in [-0.15, -0.1) is 0 Å². The number of nitrogens with one attached hydrogen (secondary N) is 1. The van der Waals surface area contributed by atoms with Crippen molar-refractivity contribution in [1.82, 2.24) is 14.7 Å². The molecule has 4 heteroatoms. The van der Waals surface area contributed by atoms with Crippen LogP contribution >= 0.6 is 0 Å². The summed E-state index contributed by atoms with van der Waals surface area (Å²) in [6.45, 7) is 6.28. The van der Waals surface area contributed by atoms with E-state index in [1.165, 1.54) is 5.56 Å². The molecule has 2 rings (SSSR count). The summed E-state index contributed by atoms with van der Waals surface area (Å²) in [4.78, 5) is 15.9. The molecule has 1 N–H and O–H groups in total. The van der Waals surface area contributed by atoms with Crippen LogP contribution in [0.1, 0.15) is 25.1 Å². The molecule has 0 saturated carbocycles. The van der Waals surface area contributed by atoms with Gasteiger partial charge < -0.3 is 9.72 Å². The van der Waals surface area contributed by atoms with Gasteiger partial charge in [-0.1, -0.05) is 11.6 Å². The third kappa shape index (κ3) is 2.97. The number of aromatic nitrogens is 2. The summed E-state index contributed by atoms with van der Waals surface area (Å²) in [5, 5.41) is 2.81. The van der Waals surface area contributed by atoms with Crippen molar-refractivity contribution in [3.8, 4) is 0 Å². The Hall–Kier alpha value is -2.10. The molecule has 0 aliphatic rings. The fraction of sp³-hybridized carbons (Fsp3) is 0.286. The summed E-state index contributed by atoms with van der Waals surface area (Å²) in [5.74, 6) is -0.0803. The lowest BCUT2D eigenvalue weighted by molar-refractivity contribution is -0.116. The number of rotatable bonds is 3. The molecule has 0 aromatic carbocycles. The molecular formula is C14H17N3O. The van der Waals surface area contributed by atoms with Crippen LogP contribution in [0.3, 0.4) is 0 Å². The number of pyridine rings is 1. The number of aryl methyl sites for hydroxylation is 1. The van der Waals surface area contributed by atoms with Gasteiger partial charge in [0.15, 0.2) is 0 Å². The number of hydrogen-bond acceptors (Lipinski definition) is 2. The van der Waals surface area contributed by atoms with Gasteiger partial charge in [0.05, 0.1) is 12.2 Å². The van der Waals surface area contributed by atoms with Crippen molar-refractivity contribution in [3.63, 3.8) is 0 Å². The number of fused-ring (bicyclic) bond motifs is 1. The van der Waals surface area contributed by atoms with E-state index in [9.17, 15) is 4.79 Å². The van der Waals surface area contributed by atoms with E-state index in [0.717, 1.165) is 16.9 Å². The second-order valence-electron chi connectivity index (χ2n) is 4.64. The highest BCUT2D eigenvalue weighted by molar-refractivity contribution is 5.87. The summed E-state index contributed by atoms with van der Waals surface area (Å²) >= 11 is 0. The molecule has 2 aromatic heterocycles. The van der Waals surface area contributed by atoms with E-state index < -0.39 is 0 Å². The highest BCUT2D eigenvalue weighted by atomic mass is 16.1. The second kappa shape index (κ2) is 5.04. The van der Waals surface area contributed by atoms with Crippen LogP contribution in [0, 0.1) is 6.92 Å². The Morgan fingerprint density at radius 2 is 2.17 bits per heavy atom. The van der Waals surface area contributed by atoms with Gasteiger partial charge in [-0.3, -0.25) is 4.79 Å². The maximum absolute atomic E-state index is 11.5. The van der Waals surface area contributed by atoms with Crippen molar-refractivity contribution in [2.45, 2.75) is 27.3 Å². The molecule has 2 heterocycles. The van der Waals surface area contributed by atoms with E-state index >= 15 is 0 Å². The molecule has 0 atom stereocenters. The zero-order valence-electron chi connectivity index (χ0n) is 10.9. The number of carbonyl (C=O) groups excluding carboxylic acids is 1. The number of amides is 1. The molecule has 0 unspecified atom stereocenters. The van der Waals surface area contributed by atoms with Crippen molar-refractivity contribution >= 4 is 11.6 Å². The van der Waals surface area contributed by atoms with Gasteiger partial charge in [0, 0.05) is 18.5 Å². The molecule has 0 spiro atoms. The number of allylic oxidation sites excluding steroid dienone is 1. The lowest BCUT2D eigenvalue weighted by Crippen LogP contribution is -2.20. The first-order valence-electron chi connectivity index (χ1n) is 5.91. The second-order valence-corrected chi connectivity index (χ2v) is 4.64. The summed E-state index contributed by atoms with van der Waals surface area (Å²) in [6.07, 6.45) is 5.54. The summed E-state index contributed by atoms with van der Waals surface area (Å²) in [5.41, 5.74) is 3.92. The molecule has 0 saturated heterocycles. The van der Waals surface area contributed by atoms with Gasteiger partial charge in [-0.05, 0) is 32.4 Å². The Balaban J connectivity index is 2.08. The van der Waals surface area contributed by atoms with Gasteiger partial charge in [0.1, 0.15) is 5.65 Å². The summed E-state index contributed by atoms with van der Waals surface area (Å²) in [6, 6.07) is 3.99. The number of nitrogens with zero attached hydrogens (tertiary/aromatic N) is 2. The van der Waals surface area contributed by atoms with E-state index in [1.807, 2.05) is 49.7 Å². The standard InChI is InChI=1S/C14H17N3O/c1-10(2)6-14(18)15-7-12-9-17-8-11(3)4-5-13(17)16-12/h4-6,8-9H,7H2,1-3H3,(H,15,18). The molecule has 2 aromatic rings. The van der Waals surface area contributed by atoms with Crippen LogP contribution in [0.25, 0.3) is 5.65 Å². The van der Waals surface area contributed by atoms with E-state index in [4.69, 9.17) is 0 Å². The van der Waals surface area contributed by atoms with Gasteiger partial charge in [-0.25, -0.2) is 4.98 Å². The summed E-state index contributed by atoms with van der Waals surface area (Å²) in [7, 11) is 0. The van der Waals surface area contributed by atoms with Gasteiger partial charge in [-0.2, -0.15) is 0 Å². The lowest BCUT2D eigenvalue weighted by Gasteiger charge is -1.98. The monoisotopic (exact) mass is 243 g/mol. The average molecular weight is 243 g/mol. The molecule has 18 heavy (non-hydrogen) atoms. The van der Waals surface area contributed by atoms with Crippen LogP contribution in [0.15, 0.2) is 36.2 Å². The Morgan fingerprint density at radius 3 is 2.89 bits per heavy atom. The maximum Gasteiger partial charge on any atom is 0.244 e. The zero-order chi connectivity index (χ0) is 13.1. The highest BCUT2D eigenvalue weighted by Crippen LogP contribution is 2.07. The Bertz CT molecular complexity index is 607. The minimum absolute atomic E-state index is 0.0803. The van der Waals surface area contributed by atoms with E-state index in [0.29, 0.717) is 6.54 Å². The molecule has 0 aliphatic carbocycles. The highest BCUT2D eigenvalue weighted by Gasteiger charge is 2.03. The van der Waals surface area contributed by atoms with Crippen LogP contribution in [0.5, 0.6) is 0 Å². The van der Waals surface area contributed by atoms with Crippen LogP contribution in [-0.4, -0.2) is 15.3 Å². The third-order valence-corrected chi connectivity index (χ3v) is 2.51. The minimum Gasteiger partial charge on any atom is -0.347 e. The van der Waals surface area contributed by atoms with Crippen LogP contribution in [0.2, 0.25) is 0 Å². The van der Waals surface area contributed by atoms with Crippen molar-refractivity contribution in [1.29, 1.82) is 0 Å². The molecule has 0 aliphatic heterocycles. The van der Waals surface area contributed by atoms with Crippen LogP contribution in [-0.2, 0) is 11.3 Å². The fourth-order valence-electron chi connectivity index (χ4n) is 1.73. The predicted octanol–water partition coefficient (Wildman–Crippen LogP) is 2.23. The van der Waals surface area contributed by atoms with E-state index in [1.54, 1.807) is 6.08 Å². The molecule has 0 radical (unpaired) electrons. The summed E-state index contributed by atoms with van der Waals surface area (Å²) < 4.78 is 1.97. The third-order valence-electron chi connectivity index (χ3n) is 2.51. The van der Waals surface area contributed by atoms with Crippen LogP contribution < -0.4 is 5.32 Å². The quantitative estimate of drug-likeness (QED) is 0.840. The normalized spacial score (nSPS) is 10.4. The smallest absolute Gasteiger partial charge is 0.244 e. The molecule has 0 fully saturated rings. The first kappa shape index (κ1) is 12.4. The molecular weight excluding hydrogens is 226 g/mol. The van der Waals surface area contributed by atoms with E-state index in [-0.39, 0.29) is 5.91 Å². The van der Waals surface area contributed by atoms with Gasteiger partial charge in [0.2, 0.25) is 5.91 Å². The average Bonchev–Trinajstić information content (AvgIpc) is 2.67. The van der Waals surface area contributed by atoms with Crippen molar-refractivity contribution in [3.05, 3.63) is 47.4 Å². The lowest BCUT2D eigenvalue weighted by atomic mass is 10.3. The Labute approximate surface area is 106 Å². The van der Waals surface area contributed by atoms with Gasteiger partial charge >= 0.3 is 0 Å². The number of hydrogen-bond donors (Lipinski definition) is 1. The molecule has 94 valence electrons. The SMILES string of the molecule is CC(C)=CC(=O)NCc1cn2cc(C)ccc2n1. The minimum atomic E-state index is -0.0803. The van der Waals surface area contributed by atoms with Crippen LogP contribution in [0.4, 0.5) is 0 Å². The molecule has 0 bridgehead atoms. The fourth-order valence-corrected chi connectivity index (χ4v) is 1.73. The van der Waals surface area contributed by atoms with Crippen molar-refractivity contribution in [2.24, 2.45) is 0 Å². The maximum atomic E-state index is 11.5. The number of carbonyl (C=O) groups is 1. The molecule has 4 nitrogen and oxygen atoms in total. The van der Waals surface area contributed by atoms with Gasteiger partial charge in [0.25, 0.3) is 0 Å². The van der Waals surface area contributed by atoms with Crippen molar-refractivity contribution in [2.75, 3.05) is 0 Å². The topological polar surface area (TPSA) is 46.4 Å². The Kier molecular flexibility index (Phi) is 3.46. The largest absolute Gasteiger partial charge is 0.347 e. The van der Waals surface area contributed by atoms with Crippen molar-refractivity contribution < 1.29 is 4.79 Å². The predicted molar refractivity (Wildman–Crippen MR) is 71.2 cm³/mol. The number of imidazole rings is 1.